The summed E-state index contributed by atoms with van der Waals surface area (Å²) in [4.78, 5) is 62.1. The number of piperazine rings is 1. The smallest absolute Gasteiger partial charge is 0.264 e. The van der Waals surface area contributed by atoms with Crippen LogP contribution in [0.15, 0.2) is 48.7 Å². The van der Waals surface area contributed by atoms with Crippen LogP contribution in [0.2, 0.25) is 10.0 Å². The highest BCUT2D eigenvalue weighted by Crippen LogP contribution is 2.41. The first-order valence-electron chi connectivity index (χ1n) is 26.2. The number of amides is 4. The second-order valence-corrected chi connectivity index (χ2v) is 19.6. The second kappa shape index (κ2) is 30.2. The number of ether oxygens (including phenoxy) is 7. The van der Waals surface area contributed by atoms with Gasteiger partial charge in [0, 0.05) is 82.5 Å². The molecule has 3 aliphatic rings. The minimum atomic E-state index is -0.572. The van der Waals surface area contributed by atoms with E-state index in [1.165, 1.54) is 26.1 Å². The Morgan fingerprint density at radius 2 is 1.46 bits per heavy atom. The summed E-state index contributed by atoms with van der Waals surface area (Å²) in [6.45, 7) is 10.3. The molecule has 3 N–H and O–H groups in total. The van der Waals surface area contributed by atoms with Gasteiger partial charge in [-0.05, 0) is 69.3 Å². The first-order chi connectivity index (χ1) is 37.1. The van der Waals surface area contributed by atoms with E-state index in [4.69, 9.17) is 56.4 Å². The Hall–Kier alpha value is -5.82. The minimum absolute atomic E-state index is 0.0232. The van der Waals surface area contributed by atoms with E-state index in [-0.39, 0.29) is 49.1 Å². The topological polar surface area (TPSA) is 215 Å². The molecule has 1 aromatic heterocycles. The van der Waals surface area contributed by atoms with Gasteiger partial charge in [0.2, 0.25) is 11.8 Å². The minimum Gasteiger partial charge on any atom is -0.495 e. The van der Waals surface area contributed by atoms with Crippen molar-refractivity contribution in [1.29, 1.82) is 5.26 Å². The van der Waals surface area contributed by atoms with Gasteiger partial charge in [-0.1, -0.05) is 48.5 Å². The first kappa shape index (κ1) is 57.9. The monoisotopic (exact) mass is 1090 g/mol. The van der Waals surface area contributed by atoms with E-state index in [0.717, 1.165) is 82.9 Å². The second-order valence-electron chi connectivity index (χ2n) is 18.8. The van der Waals surface area contributed by atoms with Crippen molar-refractivity contribution >= 4 is 74.8 Å². The number of nitrogens with one attached hydrogen (secondary N) is 3. The van der Waals surface area contributed by atoms with Crippen LogP contribution < -0.4 is 30.2 Å². The molecule has 4 aromatic rings. The molecular formula is C55H70Cl2N8O11. The van der Waals surface area contributed by atoms with Crippen molar-refractivity contribution in [2.45, 2.75) is 76.7 Å². The summed E-state index contributed by atoms with van der Waals surface area (Å²) in [5.41, 5.74) is 2.74. The summed E-state index contributed by atoms with van der Waals surface area (Å²) in [5, 5.41) is 20.1. The third-order valence-corrected chi connectivity index (χ3v) is 14.1. The molecular weight excluding hydrogens is 1020 g/mol. The molecule has 7 rings (SSSR count). The molecule has 1 atom stereocenters. The lowest BCUT2D eigenvalue weighted by Gasteiger charge is -2.34. The van der Waals surface area contributed by atoms with Crippen molar-refractivity contribution in [3.05, 3.63) is 75.4 Å². The molecule has 4 heterocycles. The van der Waals surface area contributed by atoms with Crippen LogP contribution in [0.4, 0.5) is 17.1 Å². The number of nitrogens with zero attached hydrogens (tertiary/aromatic N) is 5. The van der Waals surface area contributed by atoms with Gasteiger partial charge in [0.1, 0.15) is 18.5 Å². The number of imide groups is 1. The Kier molecular flexibility index (Phi) is 23.0. The number of pyridine rings is 1. The predicted octanol–water partition coefficient (Wildman–Crippen LogP) is 8.22. The number of hydrogen-bond acceptors (Lipinski definition) is 16. The fourth-order valence-corrected chi connectivity index (χ4v) is 9.88. The van der Waals surface area contributed by atoms with Crippen molar-refractivity contribution in [2.24, 2.45) is 0 Å². The van der Waals surface area contributed by atoms with Gasteiger partial charge in [-0.2, -0.15) is 5.26 Å². The highest BCUT2D eigenvalue weighted by molar-refractivity contribution is 6.37. The molecule has 0 spiro atoms. The van der Waals surface area contributed by atoms with Gasteiger partial charge in [-0.15, -0.1) is 0 Å². The Balaban J connectivity index is 0.656. The number of benzene rings is 3. The van der Waals surface area contributed by atoms with E-state index in [2.05, 4.69) is 36.8 Å². The lowest BCUT2D eigenvalue weighted by Crippen LogP contribution is -2.46. The third-order valence-electron chi connectivity index (χ3n) is 13.5. The van der Waals surface area contributed by atoms with E-state index < -0.39 is 17.9 Å². The highest BCUT2D eigenvalue weighted by atomic mass is 35.5. The zero-order chi connectivity index (χ0) is 53.7. The molecule has 2 saturated heterocycles. The number of carbonyl (C=O) groups is 4. The van der Waals surface area contributed by atoms with Crippen LogP contribution in [0.3, 0.4) is 0 Å². The van der Waals surface area contributed by atoms with Crippen LogP contribution in [0.1, 0.15) is 96.9 Å². The molecule has 3 aromatic carbocycles. The van der Waals surface area contributed by atoms with Gasteiger partial charge >= 0.3 is 0 Å². The van der Waals surface area contributed by atoms with Gasteiger partial charge in [0.25, 0.3) is 11.8 Å². The fourth-order valence-electron chi connectivity index (χ4n) is 9.37. The lowest BCUT2D eigenvalue weighted by atomic mass is 10.1. The van der Waals surface area contributed by atoms with Gasteiger partial charge in [-0.3, -0.25) is 29.1 Å². The quantitative estimate of drug-likeness (QED) is 0.0331. The summed E-state index contributed by atoms with van der Waals surface area (Å²) < 4.78 is 39.9. The van der Waals surface area contributed by atoms with E-state index in [9.17, 15) is 24.4 Å². The first-order valence-corrected chi connectivity index (χ1v) is 27.0. The molecule has 0 bridgehead atoms. The van der Waals surface area contributed by atoms with E-state index in [1.807, 2.05) is 12.1 Å². The van der Waals surface area contributed by atoms with Crippen molar-refractivity contribution in [3.8, 4) is 23.3 Å². The van der Waals surface area contributed by atoms with E-state index in [0.29, 0.717) is 113 Å². The molecule has 1 unspecified atom stereocenters. The van der Waals surface area contributed by atoms with Crippen molar-refractivity contribution < 1.29 is 52.3 Å². The summed E-state index contributed by atoms with van der Waals surface area (Å²) in [6, 6.07) is 13.4. The predicted molar refractivity (Wildman–Crippen MR) is 289 cm³/mol. The SMILES string of the molecule is COc1cc(Nc2c(C#N)cnc3cc(OCCCN4CCN(CCCCCCOCCOCCOCCCCCC(=O)Nc5cccc6c5C(=O)N(C5CCC(=O)NCOC5)C6=O)CC4)c(OC)cc23)c(Cl)cc1Cl. The molecule has 0 radical (unpaired) electrons. The molecule has 21 heteroatoms. The van der Waals surface area contributed by atoms with Gasteiger partial charge in [0.05, 0.1) is 109 Å². The van der Waals surface area contributed by atoms with Gasteiger partial charge < -0.3 is 58.9 Å². The van der Waals surface area contributed by atoms with Gasteiger partial charge in [0.15, 0.2) is 11.5 Å². The molecule has 4 amide bonds. The van der Waals surface area contributed by atoms with Gasteiger partial charge in [-0.25, -0.2) is 0 Å². The number of anilines is 3. The molecule has 2 fully saturated rings. The van der Waals surface area contributed by atoms with Crippen LogP contribution in [0.5, 0.6) is 17.2 Å². The van der Waals surface area contributed by atoms with Crippen LogP contribution in [-0.2, 0) is 28.5 Å². The summed E-state index contributed by atoms with van der Waals surface area (Å²) in [6.07, 6.45) is 9.91. The van der Waals surface area contributed by atoms with Crippen LogP contribution in [0, 0.1) is 11.3 Å². The maximum atomic E-state index is 13.4. The molecule has 0 saturated carbocycles. The number of carbonyl (C=O) groups excluding carboxylic acids is 4. The zero-order valence-electron chi connectivity index (χ0n) is 43.6. The zero-order valence-corrected chi connectivity index (χ0v) is 45.1. The normalized spacial score (nSPS) is 16.2. The number of methoxy groups -OCH3 is 2. The average Bonchev–Trinajstić information content (AvgIpc) is 3.68. The number of halogens is 2. The maximum Gasteiger partial charge on any atom is 0.264 e. The summed E-state index contributed by atoms with van der Waals surface area (Å²) >= 11 is 12.8. The average molecular weight is 1090 g/mol. The maximum absolute atomic E-state index is 13.4. The Labute approximate surface area is 454 Å². The third kappa shape index (κ3) is 16.4. The highest BCUT2D eigenvalue weighted by Gasteiger charge is 2.42. The molecule has 410 valence electrons. The number of nitriles is 1. The number of unbranched alkanes of at least 4 members (excludes halogenated alkanes) is 5. The standard InChI is InChI=1S/C55H70Cl2N8O11/c1-70-47-33-46(42(56)31-43(47)57)62-53-38(34-58)35-59-45-32-49(48(71-2)30-41(45)53)76-25-11-18-64-21-19-63(20-22-64)17-7-3-4-8-23-72-26-28-74-29-27-73-24-9-5-6-14-51(67)61-44-13-10-12-40-52(44)55(69)65(54(40)68)39-15-16-50(66)60-37-75-36-39/h10,12-13,30-33,35,39H,3-9,11,14-29,36-37H2,1-2H3,(H,59,62)(H,60,66)(H,61,67). The Morgan fingerprint density at radius 3 is 2.17 bits per heavy atom. The molecule has 76 heavy (non-hydrogen) atoms. The van der Waals surface area contributed by atoms with Crippen molar-refractivity contribution in [2.75, 3.05) is 124 Å². The largest absolute Gasteiger partial charge is 0.495 e. The summed E-state index contributed by atoms with van der Waals surface area (Å²) in [5.74, 6) is 0.185. The van der Waals surface area contributed by atoms with E-state index in [1.54, 1.807) is 37.4 Å². The fraction of sp³-hybridized carbons (Fsp3) is 0.527. The number of hydrogen-bond donors (Lipinski definition) is 3. The number of fused-ring (bicyclic) bond motifs is 2. The number of rotatable bonds is 30. The Morgan fingerprint density at radius 1 is 0.776 bits per heavy atom. The molecule has 19 nitrogen and oxygen atoms in total. The van der Waals surface area contributed by atoms with Crippen LogP contribution in [0.25, 0.3) is 10.9 Å². The van der Waals surface area contributed by atoms with Crippen molar-refractivity contribution in [1.82, 2.24) is 25.0 Å². The molecule has 3 aliphatic heterocycles. The van der Waals surface area contributed by atoms with Crippen LogP contribution in [-0.4, -0.2) is 162 Å². The lowest BCUT2D eigenvalue weighted by molar-refractivity contribution is -0.124. The molecule has 0 aliphatic carbocycles. The van der Waals surface area contributed by atoms with E-state index >= 15 is 0 Å². The number of aromatic nitrogens is 1. The van der Waals surface area contributed by atoms with Crippen LogP contribution >= 0.6 is 23.2 Å². The Bertz CT molecular complexity index is 2650. The van der Waals surface area contributed by atoms with Crippen molar-refractivity contribution in [3.63, 3.8) is 0 Å². The summed E-state index contributed by atoms with van der Waals surface area (Å²) in [7, 11) is 3.11.